The van der Waals surface area contributed by atoms with Crippen LogP contribution in [0.25, 0.3) is 22.3 Å². The highest BCUT2D eigenvalue weighted by Crippen LogP contribution is 2.34. The molecule has 9 heteroatoms. The van der Waals surface area contributed by atoms with Crippen LogP contribution in [-0.2, 0) is 23.6 Å². The fraction of sp³-hybridized carbons (Fsp3) is 0.421. The van der Waals surface area contributed by atoms with Crippen LogP contribution < -0.4 is 10.3 Å². The van der Waals surface area contributed by atoms with E-state index < -0.39 is 10.0 Å². The van der Waals surface area contributed by atoms with Crippen LogP contribution >= 0.6 is 0 Å². The largest absolute Gasteiger partial charge is 0.328 e. The summed E-state index contributed by atoms with van der Waals surface area (Å²) in [6.45, 7) is 4.53. The summed E-state index contributed by atoms with van der Waals surface area (Å²) in [4.78, 5) is 21.2. The second kappa shape index (κ2) is 6.44. The molecule has 0 saturated heterocycles. The monoisotopic (exact) mass is 401 g/mol. The quantitative estimate of drug-likeness (QED) is 0.707. The summed E-state index contributed by atoms with van der Waals surface area (Å²) in [6, 6.07) is 3.69. The van der Waals surface area contributed by atoms with E-state index in [1.165, 1.54) is 17.4 Å². The molecule has 0 spiro atoms. The molecule has 0 aliphatic heterocycles. The summed E-state index contributed by atoms with van der Waals surface area (Å²) < 4.78 is 29.9. The average Bonchev–Trinajstić information content (AvgIpc) is 3.35. The number of fused-ring (bicyclic) bond motifs is 1. The summed E-state index contributed by atoms with van der Waals surface area (Å²) in [5.74, 6) is 1.67. The number of pyridine rings is 2. The Kier molecular flexibility index (Phi) is 4.29. The van der Waals surface area contributed by atoms with E-state index in [9.17, 15) is 13.2 Å². The van der Waals surface area contributed by atoms with Gasteiger partial charge in [0, 0.05) is 30.9 Å². The van der Waals surface area contributed by atoms with Crippen LogP contribution in [-0.4, -0.2) is 33.8 Å². The van der Waals surface area contributed by atoms with E-state index in [0.29, 0.717) is 22.7 Å². The van der Waals surface area contributed by atoms with E-state index >= 15 is 0 Å². The molecular weight excluding hydrogens is 378 g/mol. The molecule has 1 fully saturated rings. The van der Waals surface area contributed by atoms with Crippen molar-refractivity contribution in [1.82, 2.24) is 19.1 Å². The molecule has 3 aromatic rings. The second-order valence-corrected chi connectivity index (χ2v) is 9.39. The summed E-state index contributed by atoms with van der Waals surface area (Å²) in [6.07, 6.45) is 5.21. The van der Waals surface area contributed by atoms with Crippen molar-refractivity contribution in [2.45, 2.75) is 33.2 Å². The molecule has 0 aromatic carbocycles. The number of aryl methyl sites for hydroxylation is 3. The summed E-state index contributed by atoms with van der Waals surface area (Å²) in [7, 11) is -1.83. The molecule has 0 radical (unpaired) electrons. The van der Waals surface area contributed by atoms with Crippen LogP contribution in [0.15, 0.2) is 23.1 Å². The van der Waals surface area contributed by atoms with Gasteiger partial charge in [-0.1, -0.05) is 0 Å². The topological polar surface area (TPSA) is 98.9 Å². The van der Waals surface area contributed by atoms with Crippen LogP contribution in [0, 0.1) is 19.8 Å². The van der Waals surface area contributed by atoms with E-state index in [4.69, 9.17) is 0 Å². The van der Waals surface area contributed by atoms with E-state index in [1.54, 1.807) is 26.2 Å². The number of anilines is 1. The van der Waals surface area contributed by atoms with E-state index in [0.717, 1.165) is 29.7 Å². The number of hydrogen-bond acceptors (Lipinski definition) is 5. The van der Waals surface area contributed by atoms with Crippen LogP contribution in [0.5, 0.6) is 0 Å². The lowest BCUT2D eigenvalue weighted by molar-refractivity contribution is 0.606. The first kappa shape index (κ1) is 18.7. The SMILES string of the molecule is Cc1cc(-c2cc3c(nc(C)n3CC3CC3)c(NS(C)(=O)=O)n2)cn(C)c1=O. The Bertz CT molecular complexity index is 1230. The van der Waals surface area contributed by atoms with Crippen LogP contribution in [0.1, 0.15) is 24.2 Å². The maximum Gasteiger partial charge on any atom is 0.253 e. The van der Waals surface area contributed by atoms with Gasteiger partial charge < -0.3 is 9.13 Å². The van der Waals surface area contributed by atoms with Gasteiger partial charge in [0.15, 0.2) is 5.82 Å². The van der Waals surface area contributed by atoms with Crippen molar-refractivity contribution in [3.8, 4) is 11.3 Å². The third kappa shape index (κ3) is 3.54. The molecule has 0 amide bonds. The van der Waals surface area contributed by atoms with Crippen LogP contribution in [0.4, 0.5) is 5.82 Å². The number of nitrogens with one attached hydrogen (secondary N) is 1. The van der Waals surface area contributed by atoms with E-state index in [2.05, 4.69) is 19.3 Å². The Morgan fingerprint density at radius 2 is 1.93 bits per heavy atom. The first-order valence-corrected chi connectivity index (χ1v) is 11.0. The summed E-state index contributed by atoms with van der Waals surface area (Å²) in [5, 5.41) is 0. The molecule has 28 heavy (non-hydrogen) atoms. The maximum atomic E-state index is 12.0. The third-order valence-electron chi connectivity index (χ3n) is 5.01. The fourth-order valence-electron chi connectivity index (χ4n) is 3.44. The van der Waals surface area contributed by atoms with Crippen molar-refractivity contribution < 1.29 is 8.42 Å². The molecule has 148 valence electrons. The van der Waals surface area contributed by atoms with Crippen molar-refractivity contribution in [2.75, 3.05) is 11.0 Å². The third-order valence-corrected chi connectivity index (χ3v) is 5.57. The lowest BCUT2D eigenvalue weighted by atomic mass is 10.1. The van der Waals surface area contributed by atoms with Crippen molar-refractivity contribution >= 4 is 26.9 Å². The van der Waals surface area contributed by atoms with E-state index in [-0.39, 0.29) is 11.4 Å². The molecule has 8 nitrogen and oxygen atoms in total. The Labute approximate surface area is 163 Å². The highest BCUT2D eigenvalue weighted by molar-refractivity contribution is 7.92. The molecule has 4 rings (SSSR count). The molecule has 3 aromatic heterocycles. The zero-order chi connectivity index (χ0) is 20.2. The minimum atomic E-state index is -3.52. The molecule has 0 unspecified atom stereocenters. The number of aromatic nitrogens is 4. The minimum Gasteiger partial charge on any atom is -0.328 e. The van der Waals surface area contributed by atoms with Gasteiger partial charge in [0.05, 0.1) is 17.5 Å². The van der Waals surface area contributed by atoms with Gasteiger partial charge in [-0.2, -0.15) is 0 Å². The number of imidazole rings is 1. The van der Waals surface area contributed by atoms with Gasteiger partial charge in [-0.3, -0.25) is 9.52 Å². The highest BCUT2D eigenvalue weighted by atomic mass is 32.2. The number of nitrogens with zero attached hydrogens (tertiary/aromatic N) is 4. The Morgan fingerprint density at radius 1 is 1.21 bits per heavy atom. The van der Waals surface area contributed by atoms with Crippen molar-refractivity contribution in [3.05, 3.63) is 40.1 Å². The van der Waals surface area contributed by atoms with Crippen molar-refractivity contribution in [2.24, 2.45) is 13.0 Å². The predicted octanol–water partition coefficient (Wildman–Crippen LogP) is 2.20. The number of hydrogen-bond donors (Lipinski definition) is 1. The standard InChI is InChI=1S/C19H23N5O3S/c1-11-7-14(10-23(3)19(11)25)15-8-16-17(18(21-15)22-28(4,26)27)20-12(2)24(16)9-13-5-6-13/h7-8,10,13H,5-6,9H2,1-4H3,(H,21,22). The number of rotatable bonds is 5. The van der Waals surface area contributed by atoms with Gasteiger partial charge in [0.1, 0.15) is 11.3 Å². The predicted molar refractivity (Wildman–Crippen MR) is 109 cm³/mol. The first-order chi connectivity index (χ1) is 13.1. The van der Waals surface area contributed by atoms with Gasteiger partial charge in [-0.05, 0) is 44.7 Å². The van der Waals surface area contributed by atoms with Crippen molar-refractivity contribution in [3.63, 3.8) is 0 Å². The maximum absolute atomic E-state index is 12.0. The van der Waals surface area contributed by atoms with Crippen molar-refractivity contribution in [1.29, 1.82) is 0 Å². The van der Waals surface area contributed by atoms with Crippen LogP contribution in [0.2, 0.25) is 0 Å². The lowest BCUT2D eigenvalue weighted by Crippen LogP contribution is -2.18. The van der Waals surface area contributed by atoms with Gasteiger partial charge in [0.2, 0.25) is 10.0 Å². The van der Waals surface area contributed by atoms with Gasteiger partial charge in [-0.25, -0.2) is 18.4 Å². The van der Waals surface area contributed by atoms with E-state index in [1.807, 2.05) is 13.0 Å². The molecular formula is C19H23N5O3S. The molecule has 0 atom stereocenters. The summed E-state index contributed by atoms with van der Waals surface area (Å²) >= 11 is 0. The molecule has 1 aliphatic carbocycles. The normalized spacial score (nSPS) is 14.6. The highest BCUT2D eigenvalue weighted by Gasteiger charge is 2.25. The Morgan fingerprint density at radius 3 is 2.54 bits per heavy atom. The average molecular weight is 401 g/mol. The Balaban J connectivity index is 1.97. The smallest absolute Gasteiger partial charge is 0.253 e. The first-order valence-electron chi connectivity index (χ1n) is 9.15. The molecule has 1 aliphatic rings. The second-order valence-electron chi connectivity index (χ2n) is 7.64. The molecule has 1 saturated carbocycles. The van der Waals surface area contributed by atoms with Crippen LogP contribution in [0.3, 0.4) is 0 Å². The zero-order valence-corrected chi connectivity index (χ0v) is 17.2. The Hall–Kier alpha value is -2.68. The lowest BCUT2D eigenvalue weighted by Gasteiger charge is -2.11. The molecule has 3 heterocycles. The minimum absolute atomic E-state index is 0.0751. The fourth-order valence-corrected chi connectivity index (χ4v) is 3.93. The van der Waals surface area contributed by atoms with Gasteiger partial charge in [0.25, 0.3) is 5.56 Å². The van der Waals surface area contributed by atoms with Gasteiger partial charge >= 0.3 is 0 Å². The molecule has 1 N–H and O–H groups in total. The molecule has 0 bridgehead atoms. The number of sulfonamides is 1. The zero-order valence-electron chi connectivity index (χ0n) is 16.4. The van der Waals surface area contributed by atoms with Gasteiger partial charge in [-0.15, -0.1) is 0 Å². The summed E-state index contributed by atoms with van der Waals surface area (Å²) in [5.41, 5.74) is 3.24.